The molecule has 1 rings (SSSR count). The third kappa shape index (κ3) is 2.92. The van der Waals surface area contributed by atoms with E-state index < -0.39 is 23.8 Å². The summed E-state index contributed by atoms with van der Waals surface area (Å²) in [7, 11) is 0. The molecule has 1 unspecified atom stereocenters. The maximum Gasteiger partial charge on any atom is 0.475 e. The lowest BCUT2D eigenvalue weighted by atomic mass is 9.90. The van der Waals surface area contributed by atoms with Crippen molar-refractivity contribution in [1.82, 2.24) is 9.91 Å². The van der Waals surface area contributed by atoms with Crippen molar-refractivity contribution in [3.63, 3.8) is 0 Å². The normalized spacial score (nSPS) is 21.4. The van der Waals surface area contributed by atoms with Crippen LogP contribution in [0.1, 0.15) is 34.1 Å². The summed E-state index contributed by atoms with van der Waals surface area (Å²) >= 11 is 0. The van der Waals surface area contributed by atoms with E-state index in [1.807, 2.05) is 0 Å². The topological polar surface area (TPSA) is 18.8 Å². The highest BCUT2D eigenvalue weighted by molar-refractivity contribution is 5.58. The number of rotatable bonds is 3. The molecule has 1 aliphatic rings. The monoisotopic (exact) mass is 287 g/mol. The molecule has 1 atom stereocenters. The van der Waals surface area contributed by atoms with E-state index in [1.165, 1.54) is 5.01 Å². The van der Waals surface area contributed by atoms with Gasteiger partial charge in [0.2, 0.25) is 0 Å². The molecule has 0 N–H and O–H groups in total. The predicted molar refractivity (Wildman–Crippen MR) is 61.6 cm³/mol. The molecule has 0 bridgehead atoms. The number of halogens is 5. The highest BCUT2D eigenvalue weighted by atomic mass is 19.4. The molecule has 19 heavy (non-hydrogen) atoms. The van der Waals surface area contributed by atoms with Crippen molar-refractivity contribution in [2.75, 3.05) is 6.54 Å². The Morgan fingerprint density at radius 3 is 2.00 bits per heavy atom. The molecule has 0 aromatic carbocycles. The number of alkyl halides is 5. The zero-order chi connectivity index (χ0) is 15.1. The van der Waals surface area contributed by atoms with E-state index in [2.05, 4.69) is 5.10 Å². The van der Waals surface area contributed by atoms with Crippen molar-refractivity contribution >= 4 is 6.34 Å². The molecular weight excluding hydrogens is 269 g/mol. The van der Waals surface area contributed by atoms with Crippen LogP contribution in [0.15, 0.2) is 5.10 Å². The third-order valence-corrected chi connectivity index (χ3v) is 2.76. The van der Waals surface area contributed by atoms with Crippen LogP contribution in [0.5, 0.6) is 0 Å². The minimum atomic E-state index is -5.63. The molecule has 8 heteroatoms. The van der Waals surface area contributed by atoms with Gasteiger partial charge in [0.1, 0.15) is 12.5 Å². The van der Waals surface area contributed by atoms with E-state index >= 15 is 0 Å². The Labute approximate surface area is 109 Å². The molecule has 0 fully saturated rings. The van der Waals surface area contributed by atoms with Gasteiger partial charge in [-0.05, 0) is 6.42 Å². The Morgan fingerprint density at radius 2 is 1.63 bits per heavy atom. The van der Waals surface area contributed by atoms with Crippen molar-refractivity contribution in [3.05, 3.63) is 0 Å². The lowest BCUT2D eigenvalue weighted by Crippen LogP contribution is -2.60. The molecule has 0 radical (unpaired) electrons. The summed E-state index contributed by atoms with van der Waals surface area (Å²) in [5.41, 5.74) is -0.805. The van der Waals surface area contributed by atoms with Crippen molar-refractivity contribution in [2.45, 2.75) is 52.5 Å². The van der Waals surface area contributed by atoms with Crippen LogP contribution in [0, 0.1) is 5.41 Å². The Bertz CT molecular complexity index is 345. The quantitative estimate of drug-likeness (QED) is 0.584. The summed E-state index contributed by atoms with van der Waals surface area (Å²) in [5.74, 6) is 0. The molecule has 0 aromatic heterocycles. The molecule has 0 spiro atoms. The van der Waals surface area contributed by atoms with Gasteiger partial charge in [-0.1, -0.05) is 27.7 Å². The third-order valence-electron chi connectivity index (χ3n) is 2.76. The fourth-order valence-electron chi connectivity index (χ4n) is 2.04. The Balaban J connectivity index is 3.11. The standard InChI is InChI=1S/C11H18F5N3/c1-5-6-19-8(9(2,3)4)18(7-17-19)11(15,16)10(12,13)14/h7-8H,5-6H2,1-4H3. The van der Waals surface area contributed by atoms with E-state index in [9.17, 15) is 22.0 Å². The predicted octanol–water partition coefficient (Wildman–Crippen LogP) is 3.48. The first kappa shape index (κ1) is 16.0. The van der Waals surface area contributed by atoms with Crippen LogP contribution in [-0.4, -0.2) is 41.2 Å². The van der Waals surface area contributed by atoms with Crippen LogP contribution in [0.3, 0.4) is 0 Å². The van der Waals surface area contributed by atoms with Gasteiger partial charge in [0, 0.05) is 12.0 Å². The number of hydrogen-bond acceptors (Lipinski definition) is 3. The molecule has 1 heterocycles. The summed E-state index contributed by atoms with van der Waals surface area (Å²) in [6.45, 7) is 6.94. The number of hydrogen-bond donors (Lipinski definition) is 0. The van der Waals surface area contributed by atoms with E-state index in [0.717, 1.165) is 0 Å². The first-order valence-corrected chi connectivity index (χ1v) is 5.96. The highest BCUT2D eigenvalue weighted by Crippen LogP contribution is 2.43. The van der Waals surface area contributed by atoms with Crippen molar-refractivity contribution in [1.29, 1.82) is 0 Å². The van der Waals surface area contributed by atoms with Gasteiger partial charge in [0.25, 0.3) is 0 Å². The van der Waals surface area contributed by atoms with Crippen molar-refractivity contribution in [3.8, 4) is 0 Å². The van der Waals surface area contributed by atoms with Crippen LogP contribution in [-0.2, 0) is 0 Å². The van der Waals surface area contributed by atoms with Gasteiger partial charge in [-0.3, -0.25) is 9.91 Å². The minimum absolute atomic E-state index is 0.00264. The van der Waals surface area contributed by atoms with Gasteiger partial charge in [-0.2, -0.15) is 27.1 Å². The molecule has 1 aliphatic heterocycles. The molecule has 0 saturated carbocycles. The lowest BCUT2D eigenvalue weighted by molar-refractivity contribution is -0.338. The van der Waals surface area contributed by atoms with Gasteiger partial charge in [-0.15, -0.1) is 0 Å². The van der Waals surface area contributed by atoms with Gasteiger partial charge in [0.15, 0.2) is 0 Å². The second-order valence-corrected chi connectivity index (χ2v) is 5.58. The van der Waals surface area contributed by atoms with Gasteiger partial charge < -0.3 is 0 Å². The zero-order valence-corrected chi connectivity index (χ0v) is 11.3. The lowest BCUT2D eigenvalue weighted by Gasteiger charge is -2.42. The fourth-order valence-corrected chi connectivity index (χ4v) is 2.04. The first-order valence-electron chi connectivity index (χ1n) is 5.96. The van der Waals surface area contributed by atoms with Gasteiger partial charge in [0.05, 0.1) is 0 Å². The maximum absolute atomic E-state index is 13.5. The average Bonchev–Trinajstić information content (AvgIpc) is 2.60. The van der Waals surface area contributed by atoms with Crippen LogP contribution in [0.4, 0.5) is 22.0 Å². The van der Waals surface area contributed by atoms with E-state index in [4.69, 9.17) is 0 Å². The number of hydrazone groups is 1. The van der Waals surface area contributed by atoms with Gasteiger partial charge in [-0.25, -0.2) is 0 Å². The molecule has 3 nitrogen and oxygen atoms in total. The summed E-state index contributed by atoms with van der Waals surface area (Å²) in [6.07, 6.45) is -5.58. The molecule has 112 valence electrons. The van der Waals surface area contributed by atoms with Crippen LogP contribution in [0.25, 0.3) is 0 Å². The molecule has 0 amide bonds. The largest absolute Gasteiger partial charge is 0.475 e. The van der Waals surface area contributed by atoms with Gasteiger partial charge >= 0.3 is 12.2 Å². The smallest absolute Gasteiger partial charge is 0.272 e. The Morgan fingerprint density at radius 1 is 1.11 bits per heavy atom. The highest BCUT2D eigenvalue weighted by Gasteiger charge is 2.65. The van der Waals surface area contributed by atoms with E-state index in [-0.39, 0.29) is 4.90 Å². The second kappa shape index (κ2) is 4.79. The fraction of sp³-hybridized carbons (Fsp3) is 0.909. The van der Waals surface area contributed by atoms with Crippen LogP contribution in [0.2, 0.25) is 0 Å². The van der Waals surface area contributed by atoms with Crippen molar-refractivity contribution in [2.24, 2.45) is 10.5 Å². The maximum atomic E-state index is 13.5. The molecule has 0 aliphatic carbocycles. The molecule has 0 saturated heterocycles. The second-order valence-electron chi connectivity index (χ2n) is 5.58. The first-order chi connectivity index (χ1) is 8.43. The Kier molecular flexibility index (Phi) is 4.03. The summed E-state index contributed by atoms with van der Waals surface area (Å²) in [5, 5.41) is 4.97. The number of nitrogens with zero attached hydrogens (tertiary/aromatic N) is 3. The van der Waals surface area contributed by atoms with E-state index in [0.29, 0.717) is 19.3 Å². The average molecular weight is 287 g/mol. The minimum Gasteiger partial charge on any atom is -0.272 e. The zero-order valence-electron chi connectivity index (χ0n) is 11.3. The summed E-state index contributed by atoms with van der Waals surface area (Å²) in [6, 6.07) is -4.93. The van der Waals surface area contributed by atoms with E-state index in [1.54, 1.807) is 27.7 Å². The van der Waals surface area contributed by atoms with Crippen LogP contribution < -0.4 is 0 Å². The Hall–Kier alpha value is -1.08. The summed E-state index contributed by atoms with van der Waals surface area (Å²) in [4.78, 5) is 0.00264. The molecule has 0 aromatic rings. The van der Waals surface area contributed by atoms with Crippen molar-refractivity contribution < 1.29 is 22.0 Å². The SMILES string of the molecule is CCCN1N=CN(C(F)(F)C(F)(F)F)C1C(C)(C)C. The molecular formula is C11H18F5N3. The van der Waals surface area contributed by atoms with Crippen LogP contribution >= 0.6 is 0 Å². The summed E-state index contributed by atoms with van der Waals surface area (Å²) < 4.78 is 64.5.